The molecule has 21 heavy (non-hydrogen) atoms. The average Bonchev–Trinajstić information content (AvgIpc) is 2.52. The largest absolute Gasteiger partial charge is 0.487 e. The van der Waals surface area contributed by atoms with Crippen LogP contribution >= 0.6 is 0 Å². The maximum Gasteiger partial charge on any atom is 0.130 e. The molecule has 1 N–H and O–H groups in total. The molecule has 1 unspecified atom stereocenters. The van der Waals surface area contributed by atoms with E-state index in [0.717, 1.165) is 24.4 Å². The van der Waals surface area contributed by atoms with E-state index in [-0.39, 0.29) is 6.04 Å². The van der Waals surface area contributed by atoms with Gasteiger partial charge >= 0.3 is 0 Å². The van der Waals surface area contributed by atoms with Gasteiger partial charge in [0.2, 0.25) is 0 Å². The number of aryl methyl sites for hydroxylation is 1. The molecule has 2 aromatic rings. The summed E-state index contributed by atoms with van der Waals surface area (Å²) in [5.74, 6) is 0.933. The van der Waals surface area contributed by atoms with Gasteiger partial charge in [0.05, 0.1) is 5.69 Å². The lowest BCUT2D eigenvalue weighted by atomic mass is 10.0. The Hall–Kier alpha value is -1.87. The topological polar surface area (TPSA) is 34.1 Å². The summed E-state index contributed by atoms with van der Waals surface area (Å²) in [5, 5.41) is 3.52. The lowest BCUT2D eigenvalue weighted by molar-refractivity contribution is 0.295. The molecule has 3 heteroatoms. The van der Waals surface area contributed by atoms with Crippen LogP contribution in [0.25, 0.3) is 0 Å². The Kier molecular flexibility index (Phi) is 5.76. The van der Waals surface area contributed by atoms with Gasteiger partial charge in [0.15, 0.2) is 0 Å². The molecule has 0 aliphatic heterocycles. The first-order chi connectivity index (χ1) is 10.2. The Morgan fingerprint density at radius 3 is 2.81 bits per heavy atom. The molecule has 1 heterocycles. The van der Waals surface area contributed by atoms with Crippen molar-refractivity contribution in [1.29, 1.82) is 0 Å². The second-order valence-corrected chi connectivity index (χ2v) is 5.33. The number of rotatable bonds is 7. The molecule has 2 rings (SSSR count). The van der Waals surface area contributed by atoms with Gasteiger partial charge in [-0.3, -0.25) is 4.98 Å². The predicted molar refractivity (Wildman–Crippen MR) is 86.5 cm³/mol. The number of pyridine rings is 1. The molecule has 1 aromatic carbocycles. The van der Waals surface area contributed by atoms with E-state index in [9.17, 15) is 0 Å². The van der Waals surface area contributed by atoms with Crippen LogP contribution in [-0.4, -0.2) is 11.5 Å². The summed E-state index contributed by atoms with van der Waals surface area (Å²) in [4.78, 5) is 4.29. The number of aromatic nitrogens is 1. The monoisotopic (exact) mass is 284 g/mol. The highest BCUT2D eigenvalue weighted by atomic mass is 16.5. The number of hydrogen-bond donors (Lipinski definition) is 1. The molecule has 0 spiro atoms. The summed E-state index contributed by atoms with van der Waals surface area (Å²) in [5.41, 5.74) is 3.40. The molecule has 0 saturated heterocycles. The number of hydrogen-bond acceptors (Lipinski definition) is 3. The van der Waals surface area contributed by atoms with Crippen LogP contribution in [0, 0.1) is 6.92 Å². The Morgan fingerprint density at radius 2 is 2.10 bits per heavy atom. The highest BCUT2D eigenvalue weighted by Crippen LogP contribution is 2.27. The van der Waals surface area contributed by atoms with Gasteiger partial charge in [0.1, 0.15) is 12.4 Å². The van der Waals surface area contributed by atoms with Crippen LogP contribution in [0.15, 0.2) is 42.6 Å². The fourth-order valence-electron chi connectivity index (χ4n) is 2.24. The molecule has 1 aromatic heterocycles. The predicted octanol–water partition coefficient (Wildman–Crippen LogP) is 4.03. The third-order valence-corrected chi connectivity index (χ3v) is 3.43. The Bertz CT molecular complexity index is 554. The molecule has 1 atom stereocenters. The zero-order valence-electron chi connectivity index (χ0n) is 13.1. The third kappa shape index (κ3) is 4.57. The van der Waals surface area contributed by atoms with E-state index in [1.165, 1.54) is 11.1 Å². The molecular weight excluding hydrogens is 260 g/mol. The molecule has 0 aliphatic rings. The van der Waals surface area contributed by atoms with Gasteiger partial charge in [0, 0.05) is 17.8 Å². The molecule has 0 amide bonds. The molecular formula is C18H24N2O. The van der Waals surface area contributed by atoms with Crippen molar-refractivity contribution in [1.82, 2.24) is 10.3 Å². The van der Waals surface area contributed by atoms with Crippen LogP contribution in [0.5, 0.6) is 5.75 Å². The summed E-state index contributed by atoms with van der Waals surface area (Å²) in [6.07, 6.45) is 2.92. The second kappa shape index (κ2) is 7.79. The minimum atomic E-state index is 0.281. The van der Waals surface area contributed by atoms with E-state index in [2.05, 4.69) is 49.3 Å². The third-order valence-electron chi connectivity index (χ3n) is 3.43. The normalized spacial score (nSPS) is 12.1. The van der Waals surface area contributed by atoms with E-state index in [0.29, 0.717) is 6.61 Å². The van der Waals surface area contributed by atoms with Gasteiger partial charge < -0.3 is 10.1 Å². The Morgan fingerprint density at radius 1 is 1.24 bits per heavy atom. The van der Waals surface area contributed by atoms with Crippen LogP contribution < -0.4 is 10.1 Å². The van der Waals surface area contributed by atoms with Crippen molar-refractivity contribution in [2.45, 2.75) is 39.8 Å². The van der Waals surface area contributed by atoms with Gasteiger partial charge in [-0.2, -0.15) is 0 Å². The van der Waals surface area contributed by atoms with E-state index in [1.54, 1.807) is 6.20 Å². The smallest absolute Gasteiger partial charge is 0.130 e. The van der Waals surface area contributed by atoms with Crippen LogP contribution in [0.1, 0.15) is 43.1 Å². The standard InChI is InChI=1S/C18H24N2O/c1-4-10-19-15(3)17-12-14(2)8-9-18(17)21-13-16-7-5-6-11-20-16/h5-9,11-12,15,19H,4,10,13H2,1-3H3. The first kappa shape index (κ1) is 15.5. The maximum absolute atomic E-state index is 5.98. The van der Waals surface area contributed by atoms with Gasteiger partial charge in [-0.15, -0.1) is 0 Å². The number of benzene rings is 1. The summed E-state index contributed by atoms with van der Waals surface area (Å²) >= 11 is 0. The fourth-order valence-corrected chi connectivity index (χ4v) is 2.24. The lowest BCUT2D eigenvalue weighted by Gasteiger charge is -2.19. The van der Waals surface area contributed by atoms with E-state index >= 15 is 0 Å². The quantitative estimate of drug-likeness (QED) is 0.833. The van der Waals surface area contributed by atoms with Crippen LogP contribution in [0.2, 0.25) is 0 Å². The molecule has 0 fully saturated rings. The Balaban J connectivity index is 2.11. The fraction of sp³-hybridized carbons (Fsp3) is 0.389. The Labute approximate surface area is 127 Å². The summed E-state index contributed by atoms with van der Waals surface area (Å²) in [7, 11) is 0. The van der Waals surface area contributed by atoms with Gasteiger partial charge in [-0.25, -0.2) is 0 Å². The summed E-state index contributed by atoms with van der Waals surface area (Å²) < 4.78 is 5.98. The maximum atomic E-state index is 5.98. The highest BCUT2D eigenvalue weighted by Gasteiger charge is 2.11. The molecule has 0 radical (unpaired) electrons. The number of ether oxygens (including phenoxy) is 1. The van der Waals surface area contributed by atoms with Crippen molar-refractivity contribution in [3.05, 3.63) is 59.4 Å². The molecule has 112 valence electrons. The van der Waals surface area contributed by atoms with Crippen LogP contribution in [0.3, 0.4) is 0 Å². The molecule has 0 aliphatic carbocycles. The van der Waals surface area contributed by atoms with Crippen molar-refractivity contribution in [2.24, 2.45) is 0 Å². The van der Waals surface area contributed by atoms with Crippen molar-refractivity contribution >= 4 is 0 Å². The number of nitrogens with zero attached hydrogens (tertiary/aromatic N) is 1. The lowest BCUT2D eigenvalue weighted by Crippen LogP contribution is -2.20. The summed E-state index contributed by atoms with van der Waals surface area (Å²) in [6, 6.07) is 12.5. The van der Waals surface area contributed by atoms with Crippen molar-refractivity contribution in [2.75, 3.05) is 6.54 Å². The van der Waals surface area contributed by atoms with Crippen molar-refractivity contribution < 1.29 is 4.74 Å². The molecule has 3 nitrogen and oxygen atoms in total. The zero-order valence-corrected chi connectivity index (χ0v) is 13.1. The average molecular weight is 284 g/mol. The highest BCUT2D eigenvalue weighted by molar-refractivity contribution is 5.39. The number of nitrogens with one attached hydrogen (secondary N) is 1. The first-order valence-electron chi connectivity index (χ1n) is 7.57. The molecule has 0 saturated carbocycles. The minimum absolute atomic E-state index is 0.281. The second-order valence-electron chi connectivity index (χ2n) is 5.33. The molecule has 0 bridgehead atoms. The first-order valence-corrected chi connectivity index (χ1v) is 7.57. The summed E-state index contributed by atoms with van der Waals surface area (Å²) in [6.45, 7) is 7.97. The van der Waals surface area contributed by atoms with E-state index < -0.39 is 0 Å². The van der Waals surface area contributed by atoms with Crippen LogP contribution in [-0.2, 0) is 6.61 Å². The minimum Gasteiger partial charge on any atom is -0.487 e. The van der Waals surface area contributed by atoms with Gasteiger partial charge in [-0.05, 0) is 45.0 Å². The van der Waals surface area contributed by atoms with E-state index in [4.69, 9.17) is 4.74 Å². The van der Waals surface area contributed by atoms with Crippen LogP contribution in [0.4, 0.5) is 0 Å². The van der Waals surface area contributed by atoms with Gasteiger partial charge in [-0.1, -0.05) is 30.7 Å². The van der Waals surface area contributed by atoms with Gasteiger partial charge in [0.25, 0.3) is 0 Å². The zero-order chi connectivity index (χ0) is 15.1. The SMILES string of the molecule is CCCNC(C)c1cc(C)ccc1OCc1ccccn1. The van der Waals surface area contributed by atoms with Crippen molar-refractivity contribution in [3.8, 4) is 5.75 Å². The van der Waals surface area contributed by atoms with E-state index in [1.807, 2.05) is 18.2 Å². The van der Waals surface area contributed by atoms with Crippen molar-refractivity contribution in [3.63, 3.8) is 0 Å².